The highest BCUT2D eigenvalue weighted by molar-refractivity contribution is 6.31. The summed E-state index contributed by atoms with van der Waals surface area (Å²) in [6, 6.07) is 13.1. The van der Waals surface area contributed by atoms with Crippen LogP contribution >= 0.6 is 11.6 Å². The largest absolute Gasteiger partial charge is 0.453 e. The Kier molecular flexibility index (Phi) is 6.95. The van der Waals surface area contributed by atoms with Crippen molar-refractivity contribution in [3.05, 3.63) is 70.5 Å². The second-order valence-electron chi connectivity index (χ2n) is 5.57. The van der Waals surface area contributed by atoms with E-state index in [4.69, 9.17) is 16.3 Å². The summed E-state index contributed by atoms with van der Waals surface area (Å²) in [4.78, 5) is 23.8. The van der Waals surface area contributed by atoms with E-state index in [1.54, 1.807) is 24.3 Å². The Morgan fingerprint density at radius 3 is 2.52 bits per heavy atom. The molecule has 132 valence electrons. The van der Waals surface area contributed by atoms with Crippen LogP contribution < -0.4 is 5.32 Å². The summed E-state index contributed by atoms with van der Waals surface area (Å²) < 4.78 is 17.9. The average molecular weight is 364 g/mol. The molecular weight excluding hydrogens is 345 g/mol. The lowest BCUT2D eigenvalue weighted by atomic mass is 10.1. The van der Waals surface area contributed by atoms with Crippen LogP contribution in [0, 0.1) is 5.82 Å². The molecule has 0 aliphatic heterocycles. The quantitative estimate of drug-likeness (QED) is 0.764. The summed E-state index contributed by atoms with van der Waals surface area (Å²) in [7, 11) is 0. The van der Waals surface area contributed by atoms with Gasteiger partial charge < -0.3 is 10.1 Å². The molecule has 25 heavy (non-hydrogen) atoms. The standard InChI is InChI=1S/C19H19ClFNO3/c1-13(19(24)22-12-15-4-2-3-5-17(15)20)25-18(23)11-8-14-6-9-16(21)10-7-14/h2-7,9-10,13H,8,11-12H2,1H3,(H,22,24)/t13-/m0/s1. The van der Waals surface area contributed by atoms with Crippen LogP contribution in [0.4, 0.5) is 4.39 Å². The van der Waals surface area contributed by atoms with Gasteiger partial charge in [-0.05, 0) is 42.7 Å². The number of hydrogen-bond acceptors (Lipinski definition) is 3. The normalized spacial score (nSPS) is 11.6. The lowest BCUT2D eigenvalue weighted by Gasteiger charge is -2.14. The fourth-order valence-corrected chi connectivity index (χ4v) is 2.38. The van der Waals surface area contributed by atoms with E-state index >= 15 is 0 Å². The minimum Gasteiger partial charge on any atom is -0.453 e. The summed E-state index contributed by atoms with van der Waals surface area (Å²) >= 11 is 6.02. The van der Waals surface area contributed by atoms with Gasteiger partial charge >= 0.3 is 5.97 Å². The number of carbonyl (C=O) groups excluding carboxylic acids is 2. The molecule has 0 aromatic heterocycles. The van der Waals surface area contributed by atoms with Crippen LogP contribution in [0.5, 0.6) is 0 Å². The van der Waals surface area contributed by atoms with Gasteiger partial charge in [-0.1, -0.05) is 41.9 Å². The van der Waals surface area contributed by atoms with Gasteiger partial charge in [0, 0.05) is 18.0 Å². The molecule has 6 heteroatoms. The molecule has 0 heterocycles. The summed E-state index contributed by atoms with van der Waals surface area (Å²) in [6.07, 6.45) is -0.357. The van der Waals surface area contributed by atoms with Crippen molar-refractivity contribution in [3.63, 3.8) is 0 Å². The maximum absolute atomic E-state index is 12.8. The van der Waals surface area contributed by atoms with E-state index in [0.717, 1.165) is 11.1 Å². The second kappa shape index (κ2) is 9.18. The van der Waals surface area contributed by atoms with Crippen molar-refractivity contribution in [2.45, 2.75) is 32.4 Å². The summed E-state index contributed by atoms with van der Waals surface area (Å²) in [5.74, 6) is -1.20. The molecule has 0 aliphatic carbocycles. The smallest absolute Gasteiger partial charge is 0.306 e. The van der Waals surface area contributed by atoms with Gasteiger partial charge in [0.25, 0.3) is 5.91 Å². The van der Waals surface area contributed by atoms with Crippen LogP contribution in [-0.4, -0.2) is 18.0 Å². The summed E-state index contributed by atoms with van der Waals surface area (Å²) in [5.41, 5.74) is 1.61. The Bertz CT molecular complexity index is 734. The van der Waals surface area contributed by atoms with Crippen molar-refractivity contribution in [1.29, 1.82) is 0 Å². The van der Waals surface area contributed by atoms with Crippen LogP contribution in [0.15, 0.2) is 48.5 Å². The maximum Gasteiger partial charge on any atom is 0.306 e. The first-order valence-electron chi connectivity index (χ1n) is 7.90. The molecule has 1 amide bonds. The van der Waals surface area contributed by atoms with Gasteiger partial charge in [-0.3, -0.25) is 9.59 Å². The van der Waals surface area contributed by atoms with E-state index in [9.17, 15) is 14.0 Å². The van der Waals surface area contributed by atoms with Crippen molar-refractivity contribution in [1.82, 2.24) is 5.32 Å². The van der Waals surface area contributed by atoms with Crippen molar-refractivity contribution < 1.29 is 18.7 Å². The third-order valence-corrected chi connectivity index (χ3v) is 3.99. The number of rotatable bonds is 7. The predicted octanol–water partition coefficient (Wildman–Crippen LogP) is 3.66. The highest BCUT2D eigenvalue weighted by atomic mass is 35.5. The zero-order valence-electron chi connectivity index (χ0n) is 13.8. The van der Waals surface area contributed by atoms with E-state index < -0.39 is 18.0 Å². The van der Waals surface area contributed by atoms with Crippen LogP contribution in [0.1, 0.15) is 24.5 Å². The number of aryl methyl sites for hydroxylation is 1. The third-order valence-electron chi connectivity index (χ3n) is 3.62. The lowest BCUT2D eigenvalue weighted by molar-refractivity contribution is -0.154. The van der Waals surface area contributed by atoms with E-state index in [-0.39, 0.29) is 18.8 Å². The zero-order chi connectivity index (χ0) is 18.2. The number of esters is 1. The van der Waals surface area contributed by atoms with Gasteiger partial charge in [-0.25, -0.2) is 4.39 Å². The zero-order valence-corrected chi connectivity index (χ0v) is 14.6. The van der Waals surface area contributed by atoms with E-state index in [1.807, 2.05) is 12.1 Å². The molecule has 2 aromatic carbocycles. The van der Waals surface area contributed by atoms with Gasteiger partial charge in [0.05, 0.1) is 0 Å². The highest BCUT2D eigenvalue weighted by Gasteiger charge is 2.17. The fourth-order valence-electron chi connectivity index (χ4n) is 2.17. The summed E-state index contributed by atoms with van der Waals surface area (Å²) in [6.45, 7) is 1.77. The Morgan fingerprint density at radius 2 is 1.84 bits per heavy atom. The van der Waals surface area contributed by atoms with Gasteiger partial charge in [0.1, 0.15) is 5.82 Å². The minimum atomic E-state index is -0.900. The maximum atomic E-state index is 12.8. The summed E-state index contributed by atoms with van der Waals surface area (Å²) in [5, 5.41) is 3.24. The van der Waals surface area contributed by atoms with Gasteiger partial charge in [0.2, 0.25) is 0 Å². The first kappa shape index (κ1) is 18.9. The van der Waals surface area contributed by atoms with Gasteiger partial charge in [-0.2, -0.15) is 0 Å². The number of ether oxygens (including phenoxy) is 1. The first-order valence-corrected chi connectivity index (χ1v) is 8.28. The molecule has 2 rings (SSSR count). The van der Waals surface area contributed by atoms with Crippen LogP contribution in [0.2, 0.25) is 5.02 Å². The molecule has 1 N–H and O–H groups in total. The number of nitrogens with one attached hydrogen (secondary N) is 1. The Hall–Kier alpha value is -2.40. The van der Waals surface area contributed by atoms with Crippen LogP contribution in [-0.2, 0) is 27.3 Å². The van der Waals surface area contributed by atoms with Crippen LogP contribution in [0.3, 0.4) is 0 Å². The number of hydrogen-bond donors (Lipinski definition) is 1. The second-order valence-corrected chi connectivity index (χ2v) is 5.97. The van der Waals surface area contributed by atoms with Crippen LogP contribution in [0.25, 0.3) is 0 Å². The molecule has 1 atom stereocenters. The molecule has 0 saturated carbocycles. The van der Waals surface area contributed by atoms with E-state index in [2.05, 4.69) is 5.32 Å². The van der Waals surface area contributed by atoms with Crippen molar-refractivity contribution in [3.8, 4) is 0 Å². The molecule has 0 fully saturated rings. The predicted molar refractivity (Wildman–Crippen MR) is 93.6 cm³/mol. The number of halogens is 2. The number of carbonyl (C=O) groups is 2. The SMILES string of the molecule is C[C@H](OC(=O)CCc1ccc(F)cc1)C(=O)NCc1ccccc1Cl. The average Bonchev–Trinajstić information content (AvgIpc) is 2.60. The lowest BCUT2D eigenvalue weighted by Crippen LogP contribution is -2.35. The highest BCUT2D eigenvalue weighted by Crippen LogP contribution is 2.14. The minimum absolute atomic E-state index is 0.119. The molecule has 4 nitrogen and oxygen atoms in total. The molecule has 0 bridgehead atoms. The molecule has 2 aromatic rings. The Labute approximate surface area is 150 Å². The van der Waals surface area contributed by atoms with Gasteiger partial charge in [-0.15, -0.1) is 0 Å². The number of amides is 1. The van der Waals surface area contributed by atoms with Gasteiger partial charge in [0.15, 0.2) is 6.10 Å². The van der Waals surface area contributed by atoms with Crippen molar-refractivity contribution in [2.75, 3.05) is 0 Å². The molecule has 0 spiro atoms. The van der Waals surface area contributed by atoms with Crippen molar-refractivity contribution >= 4 is 23.5 Å². The Morgan fingerprint density at radius 1 is 1.16 bits per heavy atom. The molecule has 0 radical (unpaired) electrons. The number of benzene rings is 2. The first-order chi connectivity index (χ1) is 12.0. The third kappa shape index (κ3) is 6.19. The molecule has 0 aliphatic rings. The fraction of sp³-hybridized carbons (Fsp3) is 0.263. The monoisotopic (exact) mass is 363 g/mol. The molecule has 0 unspecified atom stereocenters. The topological polar surface area (TPSA) is 55.4 Å². The Balaban J connectivity index is 1.75. The molecular formula is C19H19ClFNO3. The molecule has 0 saturated heterocycles. The van der Waals surface area contributed by atoms with Crippen molar-refractivity contribution in [2.24, 2.45) is 0 Å². The van der Waals surface area contributed by atoms with E-state index in [1.165, 1.54) is 19.1 Å². The van der Waals surface area contributed by atoms with E-state index in [0.29, 0.717) is 11.4 Å².